The van der Waals surface area contributed by atoms with Crippen molar-refractivity contribution < 1.29 is 0 Å². The van der Waals surface area contributed by atoms with E-state index in [2.05, 4.69) is 40.3 Å². The summed E-state index contributed by atoms with van der Waals surface area (Å²) < 4.78 is 1.03. The molecular weight excluding hydrogens is 310 g/mol. The minimum atomic E-state index is 0.805. The molecule has 1 aromatic carbocycles. The van der Waals surface area contributed by atoms with Crippen molar-refractivity contribution in [1.29, 1.82) is 0 Å². The number of hydrogen-bond acceptors (Lipinski definition) is 1. The number of benzene rings is 1. The molecule has 0 heterocycles. The van der Waals surface area contributed by atoms with Gasteiger partial charge in [0.05, 0.1) is 0 Å². The molecule has 1 saturated carbocycles. The molecule has 1 aliphatic rings. The number of allylic oxidation sites excluding steroid dienone is 1. The fourth-order valence-corrected chi connectivity index (χ4v) is 2.67. The summed E-state index contributed by atoms with van der Waals surface area (Å²) in [5.41, 5.74) is 2.58. The van der Waals surface area contributed by atoms with Crippen LogP contribution >= 0.6 is 27.5 Å². The van der Waals surface area contributed by atoms with Crippen LogP contribution in [0.5, 0.6) is 0 Å². The Hall–Kier alpha value is -0.310. The van der Waals surface area contributed by atoms with Gasteiger partial charge in [0, 0.05) is 15.5 Å². The van der Waals surface area contributed by atoms with Gasteiger partial charge in [-0.15, -0.1) is 0 Å². The second-order valence-electron chi connectivity index (χ2n) is 4.98. The van der Waals surface area contributed by atoms with E-state index in [-0.39, 0.29) is 0 Å². The first-order valence-electron chi connectivity index (χ1n) is 6.48. The highest BCUT2D eigenvalue weighted by atomic mass is 79.9. The summed E-state index contributed by atoms with van der Waals surface area (Å²) in [6, 6.07) is 6.90. The van der Waals surface area contributed by atoms with Crippen molar-refractivity contribution in [3.63, 3.8) is 0 Å². The lowest BCUT2D eigenvalue weighted by molar-refractivity contribution is 0.688. The molecule has 98 valence electrons. The van der Waals surface area contributed by atoms with Gasteiger partial charge in [0.15, 0.2) is 0 Å². The van der Waals surface area contributed by atoms with Crippen LogP contribution in [0.4, 0.5) is 0 Å². The Morgan fingerprint density at radius 1 is 1.50 bits per heavy atom. The van der Waals surface area contributed by atoms with E-state index in [1.165, 1.54) is 24.0 Å². The van der Waals surface area contributed by atoms with Crippen LogP contribution in [0.1, 0.15) is 31.7 Å². The van der Waals surface area contributed by atoms with E-state index in [0.29, 0.717) is 0 Å². The number of rotatable bonds is 6. The molecule has 0 aliphatic heterocycles. The molecular formula is C15H19BrClN. The van der Waals surface area contributed by atoms with Gasteiger partial charge in [-0.3, -0.25) is 0 Å². The Balaban J connectivity index is 1.80. The predicted octanol–water partition coefficient (Wildman–Crippen LogP) is 4.73. The van der Waals surface area contributed by atoms with Gasteiger partial charge >= 0.3 is 0 Å². The molecule has 0 bridgehead atoms. The second kappa shape index (κ2) is 6.74. The molecule has 1 aliphatic carbocycles. The summed E-state index contributed by atoms with van der Waals surface area (Å²) in [6.07, 6.45) is 7.08. The highest BCUT2D eigenvalue weighted by molar-refractivity contribution is 9.10. The summed E-state index contributed by atoms with van der Waals surface area (Å²) in [5.74, 6) is 0. The van der Waals surface area contributed by atoms with Crippen LogP contribution in [-0.4, -0.2) is 12.6 Å². The SMILES string of the molecule is C/C(=C/CCNC1CC1)Cc1ccc(Br)cc1Cl. The number of halogens is 2. The molecule has 0 radical (unpaired) electrons. The first-order valence-corrected chi connectivity index (χ1v) is 7.65. The largest absolute Gasteiger partial charge is 0.314 e. The second-order valence-corrected chi connectivity index (χ2v) is 6.30. The summed E-state index contributed by atoms with van der Waals surface area (Å²) in [4.78, 5) is 0. The lowest BCUT2D eigenvalue weighted by Gasteiger charge is -2.06. The van der Waals surface area contributed by atoms with Gasteiger partial charge in [0.25, 0.3) is 0 Å². The highest BCUT2D eigenvalue weighted by Gasteiger charge is 2.19. The zero-order valence-corrected chi connectivity index (χ0v) is 13.0. The van der Waals surface area contributed by atoms with Gasteiger partial charge in [-0.1, -0.05) is 45.2 Å². The Morgan fingerprint density at radius 2 is 2.28 bits per heavy atom. The molecule has 2 rings (SSSR count). The molecule has 0 amide bonds. The minimum absolute atomic E-state index is 0.805. The van der Waals surface area contributed by atoms with Crippen molar-refractivity contribution in [3.05, 3.63) is 44.9 Å². The maximum atomic E-state index is 6.22. The van der Waals surface area contributed by atoms with Crippen LogP contribution in [0.3, 0.4) is 0 Å². The molecule has 0 aromatic heterocycles. The molecule has 1 fully saturated rings. The van der Waals surface area contributed by atoms with Crippen molar-refractivity contribution in [2.24, 2.45) is 0 Å². The molecule has 1 nitrogen and oxygen atoms in total. The van der Waals surface area contributed by atoms with E-state index in [9.17, 15) is 0 Å². The van der Waals surface area contributed by atoms with Crippen molar-refractivity contribution in [1.82, 2.24) is 5.32 Å². The first kappa shape index (κ1) is 14.1. The van der Waals surface area contributed by atoms with Crippen LogP contribution < -0.4 is 5.32 Å². The van der Waals surface area contributed by atoms with E-state index >= 15 is 0 Å². The quantitative estimate of drug-likeness (QED) is 0.588. The fraction of sp³-hybridized carbons (Fsp3) is 0.467. The standard InChI is InChI=1S/C15H19BrClN/c1-11(3-2-8-18-14-6-7-14)9-12-4-5-13(16)10-15(12)17/h3-5,10,14,18H,2,6-9H2,1H3/b11-3-. The van der Waals surface area contributed by atoms with Crippen molar-refractivity contribution in [2.75, 3.05) is 6.54 Å². The topological polar surface area (TPSA) is 12.0 Å². The van der Waals surface area contributed by atoms with E-state index in [1.54, 1.807) is 0 Å². The molecule has 0 saturated heterocycles. The average Bonchev–Trinajstić information content (AvgIpc) is 3.12. The van der Waals surface area contributed by atoms with Crippen LogP contribution in [0, 0.1) is 0 Å². The van der Waals surface area contributed by atoms with Crippen molar-refractivity contribution in [2.45, 2.75) is 38.6 Å². The Kier molecular flexibility index (Phi) is 5.28. The average molecular weight is 329 g/mol. The maximum Gasteiger partial charge on any atom is 0.0452 e. The maximum absolute atomic E-state index is 6.22. The molecule has 0 spiro atoms. The van der Waals surface area contributed by atoms with Gasteiger partial charge < -0.3 is 5.32 Å². The molecule has 0 atom stereocenters. The fourth-order valence-electron chi connectivity index (χ4n) is 1.93. The van der Waals surface area contributed by atoms with Gasteiger partial charge in [-0.2, -0.15) is 0 Å². The van der Waals surface area contributed by atoms with E-state index in [0.717, 1.165) is 34.9 Å². The van der Waals surface area contributed by atoms with E-state index < -0.39 is 0 Å². The van der Waals surface area contributed by atoms with Crippen LogP contribution in [0.2, 0.25) is 5.02 Å². The number of nitrogens with one attached hydrogen (secondary N) is 1. The minimum Gasteiger partial charge on any atom is -0.314 e. The Bertz CT molecular complexity index is 438. The van der Waals surface area contributed by atoms with Gasteiger partial charge in [0.1, 0.15) is 0 Å². The first-order chi connectivity index (χ1) is 8.65. The molecule has 1 aromatic rings. The predicted molar refractivity (Wildman–Crippen MR) is 82.3 cm³/mol. The van der Waals surface area contributed by atoms with Crippen LogP contribution in [0.15, 0.2) is 34.3 Å². The van der Waals surface area contributed by atoms with Crippen molar-refractivity contribution in [3.8, 4) is 0 Å². The highest BCUT2D eigenvalue weighted by Crippen LogP contribution is 2.23. The van der Waals surface area contributed by atoms with E-state index in [4.69, 9.17) is 11.6 Å². The molecule has 1 N–H and O–H groups in total. The monoisotopic (exact) mass is 327 g/mol. The third kappa shape index (κ3) is 4.75. The zero-order valence-electron chi connectivity index (χ0n) is 10.7. The molecule has 18 heavy (non-hydrogen) atoms. The van der Waals surface area contributed by atoms with Gasteiger partial charge in [0.2, 0.25) is 0 Å². The summed E-state index contributed by atoms with van der Waals surface area (Å²) >= 11 is 9.64. The van der Waals surface area contributed by atoms with Crippen molar-refractivity contribution >= 4 is 27.5 Å². The zero-order chi connectivity index (χ0) is 13.0. The smallest absolute Gasteiger partial charge is 0.0452 e. The Morgan fingerprint density at radius 3 is 2.94 bits per heavy atom. The summed E-state index contributed by atoms with van der Waals surface area (Å²) in [7, 11) is 0. The third-order valence-electron chi connectivity index (χ3n) is 3.13. The molecule has 0 unspecified atom stereocenters. The van der Waals surface area contributed by atoms with Crippen LogP contribution in [0.25, 0.3) is 0 Å². The number of hydrogen-bond donors (Lipinski definition) is 1. The van der Waals surface area contributed by atoms with Gasteiger partial charge in [-0.05, 0) is 56.8 Å². The summed E-state index contributed by atoms with van der Waals surface area (Å²) in [5, 5.41) is 4.36. The normalized spacial score (nSPS) is 16.1. The lowest BCUT2D eigenvalue weighted by atomic mass is 10.1. The van der Waals surface area contributed by atoms with Crippen LogP contribution in [-0.2, 0) is 6.42 Å². The lowest BCUT2D eigenvalue weighted by Crippen LogP contribution is -2.16. The summed E-state index contributed by atoms with van der Waals surface area (Å²) in [6.45, 7) is 3.27. The van der Waals surface area contributed by atoms with Gasteiger partial charge in [-0.25, -0.2) is 0 Å². The molecule has 3 heteroatoms. The third-order valence-corrected chi connectivity index (χ3v) is 3.98. The van der Waals surface area contributed by atoms with E-state index in [1.807, 2.05) is 12.1 Å². The Labute approximate surface area is 123 Å².